The van der Waals surface area contributed by atoms with Gasteiger partial charge in [-0.25, -0.2) is 9.50 Å². The molecule has 2 heterocycles. The summed E-state index contributed by atoms with van der Waals surface area (Å²) in [6, 6.07) is 10.2. The van der Waals surface area contributed by atoms with E-state index in [0.29, 0.717) is 16.3 Å². The predicted molar refractivity (Wildman–Crippen MR) is 87.5 cm³/mol. The molecule has 0 spiro atoms. The molecule has 0 fully saturated rings. The minimum Gasteiger partial charge on any atom is -0.229 e. The maximum absolute atomic E-state index is 6.23. The molecule has 0 N–H and O–H groups in total. The number of hydrogen-bond acceptors (Lipinski definition) is 2. The molecule has 0 unspecified atom stereocenters. The number of rotatable bonds is 1. The number of benzene rings is 1. The molecule has 1 aromatic carbocycles. The van der Waals surface area contributed by atoms with E-state index in [-0.39, 0.29) is 5.41 Å². The molecule has 0 amide bonds. The van der Waals surface area contributed by atoms with Crippen LogP contribution in [0.1, 0.15) is 26.3 Å². The number of fused-ring (bicyclic) bond motifs is 1. The van der Waals surface area contributed by atoms with Crippen LogP contribution in [0.25, 0.3) is 16.9 Å². The van der Waals surface area contributed by atoms with Gasteiger partial charge in [0, 0.05) is 17.8 Å². The lowest BCUT2D eigenvalue weighted by Gasteiger charge is -2.19. The van der Waals surface area contributed by atoms with Gasteiger partial charge in [0.25, 0.3) is 0 Å². The molecule has 0 saturated heterocycles. The Morgan fingerprint density at radius 3 is 2.43 bits per heavy atom. The van der Waals surface area contributed by atoms with E-state index < -0.39 is 0 Å². The third kappa shape index (κ3) is 2.56. The number of halogens is 1. The molecule has 0 aliphatic carbocycles. The first-order valence-corrected chi connectivity index (χ1v) is 7.15. The fraction of sp³-hybridized carbons (Fsp3) is 0.250. The average Bonchev–Trinajstić information content (AvgIpc) is 2.80. The summed E-state index contributed by atoms with van der Waals surface area (Å²) in [5.41, 5.74) is 4.31. The van der Waals surface area contributed by atoms with Crippen molar-refractivity contribution in [1.29, 1.82) is 0 Å². The maximum atomic E-state index is 6.23. The summed E-state index contributed by atoms with van der Waals surface area (Å²) in [6.45, 7) is 6.57. The number of nitrogens with zero attached hydrogens (tertiary/aromatic N) is 3. The first-order valence-electron chi connectivity index (χ1n) is 6.77. The number of aromatic nitrogens is 3. The van der Waals surface area contributed by atoms with Gasteiger partial charge in [0.2, 0.25) is 0 Å². The van der Waals surface area contributed by atoms with Gasteiger partial charge in [-0.15, -0.1) is 0 Å². The molecule has 3 aromatic rings. The summed E-state index contributed by atoms with van der Waals surface area (Å²) in [7, 11) is 5.87. The molecule has 5 heteroatoms. The van der Waals surface area contributed by atoms with Crippen LogP contribution in [-0.4, -0.2) is 22.4 Å². The van der Waals surface area contributed by atoms with Crippen molar-refractivity contribution in [2.24, 2.45) is 0 Å². The van der Waals surface area contributed by atoms with Crippen molar-refractivity contribution in [3.05, 3.63) is 47.2 Å². The second-order valence-electron chi connectivity index (χ2n) is 6.13. The van der Waals surface area contributed by atoms with Crippen molar-refractivity contribution in [3.63, 3.8) is 0 Å². The Hall–Kier alpha value is -1.81. The second kappa shape index (κ2) is 4.88. The molecule has 3 rings (SSSR count). The summed E-state index contributed by atoms with van der Waals surface area (Å²) in [6.07, 6.45) is 1.56. The molecule has 2 aromatic heterocycles. The number of hydrogen-bond donors (Lipinski definition) is 0. The molecule has 104 valence electrons. The summed E-state index contributed by atoms with van der Waals surface area (Å²) in [5.74, 6) is 0. The topological polar surface area (TPSA) is 30.2 Å². The van der Waals surface area contributed by atoms with E-state index >= 15 is 0 Å². The highest BCUT2D eigenvalue weighted by molar-refractivity contribution is 6.36. The van der Waals surface area contributed by atoms with E-state index in [9.17, 15) is 0 Å². The fourth-order valence-electron chi connectivity index (χ4n) is 2.23. The summed E-state index contributed by atoms with van der Waals surface area (Å²) < 4.78 is 1.53. The minimum atomic E-state index is 0.128. The zero-order valence-electron chi connectivity index (χ0n) is 12.3. The lowest BCUT2D eigenvalue weighted by Crippen LogP contribution is -2.10. The summed E-state index contributed by atoms with van der Waals surface area (Å²) in [4.78, 5) is 4.55. The first-order chi connectivity index (χ1) is 9.86. The molecule has 2 radical (unpaired) electrons. The van der Waals surface area contributed by atoms with E-state index in [1.54, 1.807) is 12.3 Å². The zero-order valence-corrected chi connectivity index (χ0v) is 13.0. The Morgan fingerprint density at radius 2 is 1.81 bits per heavy atom. The van der Waals surface area contributed by atoms with Crippen molar-refractivity contribution >= 4 is 30.6 Å². The lowest BCUT2D eigenvalue weighted by atomic mass is 9.86. The van der Waals surface area contributed by atoms with Gasteiger partial charge in [-0.05, 0) is 16.4 Å². The van der Waals surface area contributed by atoms with Crippen LogP contribution < -0.4 is 5.46 Å². The molecular weight excluding hydrogens is 280 g/mol. The van der Waals surface area contributed by atoms with Gasteiger partial charge >= 0.3 is 0 Å². The largest absolute Gasteiger partial charge is 0.229 e. The van der Waals surface area contributed by atoms with Crippen molar-refractivity contribution in [2.75, 3.05) is 0 Å². The predicted octanol–water partition coefficient (Wildman–Crippen LogP) is 3.14. The Bertz CT molecular complexity index is 801. The van der Waals surface area contributed by atoms with Crippen LogP contribution in [-0.2, 0) is 5.41 Å². The van der Waals surface area contributed by atoms with Gasteiger partial charge in [0.1, 0.15) is 18.6 Å². The van der Waals surface area contributed by atoms with Crippen molar-refractivity contribution in [2.45, 2.75) is 26.2 Å². The third-order valence-corrected chi connectivity index (χ3v) is 3.77. The molecule has 3 nitrogen and oxygen atoms in total. The molecule has 0 saturated carbocycles. The third-order valence-electron chi connectivity index (χ3n) is 3.50. The van der Waals surface area contributed by atoms with Crippen molar-refractivity contribution in [1.82, 2.24) is 14.6 Å². The van der Waals surface area contributed by atoms with Crippen LogP contribution in [0.2, 0.25) is 5.15 Å². The normalized spacial score (nSPS) is 12.0. The van der Waals surface area contributed by atoms with Crippen molar-refractivity contribution in [3.8, 4) is 11.3 Å². The quantitative estimate of drug-likeness (QED) is 0.510. The monoisotopic (exact) mass is 295 g/mol. The Morgan fingerprint density at radius 1 is 1.14 bits per heavy atom. The summed E-state index contributed by atoms with van der Waals surface area (Å²) >= 11 is 6.23. The minimum absolute atomic E-state index is 0.128. The smallest absolute Gasteiger partial charge is 0.150 e. The van der Waals surface area contributed by atoms with Gasteiger partial charge in [-0.2, -0.15) is 5.10 Å². The summed E-state index contributed by atoms with van der Waals surface area (Å²) in [5, 5.41) is 4.59. The van der Waals surface area contributed by atoms with Crippen molar-refractivity contribution < 1.29 is 0 Å². The fourth-order valence-corrected chi connectivity index (χ4v) is 2.46. The molecule has 0 atom stereocenters. The van der Waals surface area contributed by atoms with Gasteiger partial charge in [0.05, 0.1) is 5.69 Å². The highest BCUT2D eigenvalue weighted by Crippen LogP contribution is 2.26. The molecular formula is C16H15BClN3. The first kappa shape index (κ1) is 14.1. The second-order valence-corrected chi connectivity index (χ2v) is 6.51. The van der Waals surface area contributed by atoms with Gasteiger partial charge < -0.3 is 0 Å². The standard InChI is InChI=1S/C16H15BClN3/c1-16(2,3)11-6-4-10(5-7-11)13-8-14(18)21-15(20-13)12(17)9-19-21/h4-9H,1-3H3. The van der Waals surface area contributed by atoms with Crippen LogP contribution in [0.15, 0.2) is 36.5 Å². The molecule has 0 aliphatic rings. The van der Waals surface area contributed by atoms with Crippen LogP contribution in [0.3, 0.4) is 0 Å². The Balaban J connectivity index is 2.10. The van der Waals surface area contributed by atoms with Crippen LogP contribution in [0.4, 0.5) is 0 Å². The lowest BCUT2D eigenvalue weighted by molar-refractivity contribution is 0.590. The van der Waals surface area contributed by atoms with E-state index in [4.69, 9.17) is 19.4 Å². The van der Waals surface area contributed by atoms with Crippen LogP contribution in [0, 0.1) is 0 Å². The molecule has 0 aliphatic heterocycles. The Labute approximate surface area is 130 Å². The van der Waals surface area contributed by atoms with Gasteiger partial charge in [-0.1, -0.05) is 56.6 Å². The van der Waals surface area contributed by atoms with Crippen LogP contribution >= 0.6 is 11.6 Å². The maximum Gasteiger partial charge on any atom is 0.150 e. The van der Waals surface area contributed by atoms with E-state index in [0.717, 1.165) is 11.3 Å². The average molecular weight is 296 g/mol. The van der Waals surface area contributed by atoms with E-state index in [1.165, 1.54) is 10.1 Å². The SMILES string of the molecule is [B]c1cnn2c(Cl)cc(-c3ccc(C(C)(C)C)cc3)nc12. The van der Waals surface area contributed by atoms with E-state index in [1.807, 2.05) is 0 Å². The highest BCUT2D eigenvalue weighted by Gasteiger charge is 2.14. The molecule has 21 heavy (non-hydrogen) atoms. The van der Waals surface area contributed by atoms with Gasteiger partial charge in [-0.3, -0.25) is 0 Å². The van der Waals surface area contributed by atoms with E-state index in [2.05, 4.69) is 55.1 Å². The zero-order chi connectivity index (χ0) is 15.2. The Kier molecular flexibility index (Phi) is 3.29. The van der Waals surface area contributed by atoms with Gasteiger partial charge in [0.15, 0.2) is 0 Å². The highest BCUT2D eigenvalue weighted by atomic mass is 35.5. The van der Waals surface area contributed by atoms with Crippen LogP contribution in [0.5, 0.6) is 0 Å². The molecule has 0 bridgehead atoms.